The van der Waals surface area contributed by atoms with Crippen molar-refractivity contribution in [2.75, 3.05) is 0 Å². The Bertz CT molecular complexity index is 194. The lowest BCUT2D eigenvalue weighted by Crippen LogP contribution is -2.52. The van der Waals surface area contributed by atoms with E-state index in [-0.39, 0.29) is 5.54 Å². The molecule has 0 saturated carbocycles. The molecule has 0 heterocycles. The maximum Gasteiger partial charge on any atom is 0.0577 e. The summed E-state index contributed by atoms with van der Waals surface area (Å²) in [5, 5.41) is 7.32. The van der Waals surface area contributed by atoms with Gasteiger partial charge in [-0.25, -0.2) is 0 Å². The molecule has 0 aliphatic heterocycles. The molecule has 0 aromatic rings. The molecule has 1 atom stereocenters. The summed E-state index contributed by atoms with van der Waals surface area (Å²) >= 11 is 0. The molecule has 0 aromatic heterocycles. The molecule has 0 aromatic carbocycles. The Balaban J connectivity index is 3.74. The number of rotatable bonds is 11. The van der Waals surface area contributed by atoms with E-state index < -0.39 is 0 Å². The van der Waals surface area contributed by atoms with Crippen LogP contribution in [-0.2, 0) is 0 Å². The van der Waals surface area contributed by atoms with Crippen molar-refractivity contribution >= 4 is 0 Å². The average molecular weight is 271 g/mol. The second-order valence-electron chi connectivity index (χ2n) is 7.18. The monoisotopic (exact) mass is 270 g/mol. The molecule has 0 bridgehead atoms. The zero-order chi connectivity index (χ0) is 14.7. The Labute approximate surface area is 122 Å². The van der Waals surface area contributed by atoms with E-state index >= 15 is 0 Å². The second kappa shape index (κ2) is 10.7. The quantitative estimate of drug-likeness (QED) is 0.415. The fourth-order valence-electron chi connectivity index (χ4n) is 2.43. The largest absolute Gasteiger partial charge is 0.300 e. The summed E-state index contributed by atoms with van der Waals surface area (Å²) in [6, 6.07) is 0.546. The minimum Gasteiger partial charge on any atom is -0.300 e. The van der Waals surface area contributed by atoms with Crippen molar-refractivity contribution < 1.29 is 0 Å². The number of hydrogen-bond acceptors (Lipinski definition) is 2. The zero-order valence-corrected chi connectivity index (χ0v) is 14.3. The van der Waals surface area contributed by atoms with Gasteiger partial charge in [0.25, 0.3) is 0 Å². The minimum absolute atomic E-state index is 0.188. The van der Waals surface area contributed by atoms with E-state index in [1.807, 2.05) is 0 Å². The van der Waals surface area contributed by atoms with E-state index in [1.165, 1.54) is 51.4 Å². The molecule has 0 fully saturated rings. The molecule has 0 radical (unpaired) electrons. The number of nitrogens with one attached hydrogen (secondary N) is 2. The van der Waals surface area contributed by atoms with Crippen LogP contribution in [0.1, 0.15) is 92.9 Å². The van der Waals surface area contributed by atoms with Gasteiger partial charge < -0.3 is 0 Å². The molecule has 0 saturated heterocycles. The third-order valence-corrected chi connectivity index (χ3v) is 3.24. The van der Waals surface area contributed by atoms with Gasteiger partial charge in [0, 0.05) is 11.6 Å². The molecule has 2 nitrogen and oxygen atoms in total. The van der Waals surface area contributed by atoms with Crippen molar-refractivity contribution in [3.63, 3.8) is 0 Å². The van der Waals surface area contributed by atoms with Crippen molar-refractivity contribution in [3.05, 3.63) is 0 Å². The van der Waals surface area contributed by atoms with Crippen LogP contribution in [0.25, 0.3) is 0 Å². The van der Waals surface area contributed by atoms with Crippen LogP contribution in [0.2, 0.25) is 0 Å². The Kier molecular flexibility index (Phi) is 10.6. The van der Waals surface area contributed by atoms with Gasteiger partial charge in [-0.05, 0) is 41.0 Å². The van der Waals surface area contributed by atoms with Crippen molar-refractivity contribution in [1.82, 2.24) is 10.6 Å². The smallest absolute Gasteiger partial charge is 0.0577 e. The Morgan fingerprint density at radius 2 is 1.37 bits per heavy atom. The van der Waals surface area contributed by atoms with Crippen LogP contribution in [-0.4, -0.2) is 17.7 Å². The third-order valence-electron chi connectivity index (χ3n) is 3.24. The summed E-state index contributed by atoms with van der Waals surface area (Å²) < 4.78 is 0. The van der Waals surface area contributed by atoms with E-state index in [4.69, 9.17) is 0 Å². The lowest BCUT2D eigenvalue weighted by atomic mass is 10.0. The molecule has 0 spiro atoms. The lowest BCUT2D eigenvalue weighted by molar-refractivity contribution is 0.283. The maximum absolute atomic E-state index is 3.69. The highest BCUT2D eigenvalue weighted by Crippen LogP contribution is 2.11. The topological polar surface area (TPSA) is 24.1 Å². The van der Waals surface area contributed by atoms with Crippen LogP contribution < -0.4 is 10.6 Å². The summed E-state index contributed by atoms with van der Waals surface area (Å²) in [4.78, 5) is 0. The molecule has 19 heavy (non-hydrogen) atoms. The van der Waals surface area contributed by atoms with E-state index in [0.29, 0.717) is 12.2 Å². The summed E-state index contributed by atoms with van der Waals surface area (Å²) in [6.45, 7) is 13.5. The Morgan fingerprint density at radius 3 is 1.84 bits per heavy atom. The molecule has 0 amide bonds. The van der Waals surface area contributed by atoms with Crippen molar-refractivity contribution in [1.29, 1.82) is 0 Å². The van der Waals surface area contributed by atoms with Crippen LogP contribution in [0.5, 0.6) is 0 Å². The standard InChI is InChI=1S/C17H38N2/c1-7-8-9-10-11-12-13-14-16(18-15(2)3)19-17(4,5)6/h15-16,18-19H,7-14H2,1-6H3. The van der Waals surface area contributed by atoms with Gasteiger partial charge in [-0.15, -0.1) is 0 Å². The summed E-state index contributed by atoms with van der Waals surface area (Å²) in [7, 11) is 0. The first-order chi connectivity index (χ1) is 8.85. The predicted octanol–water partition coefficient (Wildman–Crippen LogP) is 4.84. The Hall–Kier alpha value is -0.0800. The lowest BCUT2D eigenvalue weighted by Gasteiger charge is -2.31. The van der Waals surface area contributed by atoms with Crippen molar-refractivity contribution in [2.45, 2.75) is 111 Å². The Morgan fingerprint density at radius 1 is 0.842 bits per heavy atom. The predicted molar refractivity (Wildman–Crippen MR) is 87.6 cm³/mol. The third kappa shape index (κ3) is 14.1. The first-order valence-corrected chi connectivity index (χ1v) is 8.39. The van der Waals surface area contributed by atoms with Crippen LogP contribution in [0.3, 0.4) is 0 Å². The van der Waals surface area contributed by atoms with Gasteiger partial charge in [-0.2, -0.15) is 0 Å². The highest BCUT2D eigenvalue weighted by Gasteiger charge is 2.17. The van der Waals surface area contributed by atoms with Gasteiger partial charge in [-0.1, -0.05) is 51.9 Å². The summed E-state index contributed by atoms with van der Waals surface area (Å²) in [5.74, 6) is 0. The van der Waals surface area contributed by atoms with Crippen LogP contribution in [0, 0.1) is 0 Å². The van der Waals surface area contributed by atoms with Gasteiger partial charge in [0.15, 0.2) is 0 Å². The first-order valence-electron chi connectivity index (χ1n) is 8.39. The molecule has 116 valence electrons. The second-order valence-corrected chi connectivity index (χ2v) is 7.18. The van der Waals surface area contributed by atoms with Crippen molar-refractivity contribution in [3.8, 4) is 0 Å². The SMILES string of the molecule is CCCCCCCCCC(NC(C)C)NC(C)(C)C. The molecule has 0 aliphatic rings. The fourth-order valence-corrected chi connectivity index (χ4v) is 2.43. The molecular formula is C17H38N2. The number of hydrogen-bond donors (Lipinski definition) is 2. The van der Waals surface area contributed by atoms with Crippen LogP contribution >= 0.6 is 0 Å². The number of unbranched alkanes of at least 4 members (excludes halogenated alkanes) is 6. The highest BCUT2D eigenvalue weighted by atomic mass is 15.2. The minimum atomic E-state index is 0.188. The van der Waals surface area contributed by atoms with Gasteiger partial charge in [-0.3, -0.25) is 10.6 Å². The van der Waals surface area contributed by atoms with E-state index in [1.54, 1.807) is 0 Å². The van der Waals surface area contributed by atoms with Crippen LogP contribution in [0.4, 0.5) is 0 Å². The normalized spacial score (nSPS) is 14.1. The van der Waals surface area contributed by atoms with Gasteiger partial charge in [0.2, 0.25) is 0 Å². The average Bonchev–Trinajstić information content (AvgIpc) is 2.24. The van der Waals surface area contributed by atoms with Gasteiger partial charge >= 0.3 is 0 Å². The van der Waals surface area contributed by atoms with E-state index in [0.717, 1.165) is 0 Å². The first kappa shape index (κ1) is 18.9. The fraction of sp³-hybridized carbons (Fsp3) is 1.00. The van der Waals surface area contributed by atoms with Crippen molar-refractivity contribution in [2.24, 2.45) is 0 Å². The molecule has 2 heteroatoms. The molecular weight excluding hydrogens is 232 g/mol. The maximum atomic E-state index is 3.69. The molecule has 0 aliphatic carbocycles. The van der Waals surface area contributed by atoms with Gasteiger partial charge in [0.05, 0.1) is 6.17 Å². The van der Waals surface area contributed by atoms with E-state index in [2.05, 4.69) is 52.2 Å². The molecule has 1 unspecified atom stereocenters. The van der Waals surface area contributed by atoms with Crippen LogP contribution in [0.15, 0.2) is 0 Å². The van der Waals surface area contributed by atoms with Gasteiger partial charge in [0.1, 0.15) is 0 Å². The summed E-state index contributed by atoms with van der Waals surface area (Å²) in [6.07, 6.45) is 11.4. The molecule has 0 rings (SSSR count). The zero-order valence-electron chi connectivity index (χ0n) is 14.3. The highest BCUT2D eigenvalue weighted by molar-refractivity contribution is 4.77. The molecule has 2 N–H and O–H groups in total. The summed E-state index contributed by atoms with van der Waals surface area (Å²) in [5.41, 5.74) is 0.188. The van der Waals surface area contributed by atoms with E-state index in [9.17, 15) is 0 Å².